The summed E-state index contributed by atoms with van der Waals surface area (Å²) < 4.78 is 40.4. The number of amides is 1. The molecule has 0 aliphatic rings. The highest BCUT2D eigenvalue weighted by Crippen LogP contribution is 2.34. The molecule has 2 heterocycles. The predicted molar refractivity (Wildman–Crippen MR) is 118 cm³/mol. The fourth-order valence-corrected chi connectivity index (χ4v) is 3.65. The molecule has 0 fully saturated rings. The van der Waals surface area contributed by atoms with Gasteiger partial charge in [-0.3, -0.25) is 4.79 Å². The van der Waals surface area contributed by atoms with Crippen LogP contribution in [-0.4, -0.2) is 20.7 Å². The van der Waals surface area contributed by atoms with Crippen LogP contribution in [0.1, 0.15) is 16.8 Å². The zero-order chi connectivity index (χ0) is 23.0. The quantitative estimate of drug-likeness (QED) is 0.406. The number of nitrogens with zero attached hydrogens (tertiary/aromatic N) is 3. The van der Waals surface area contributed by atoms with Crippen LogP contribution >= 0.6 is 11.6 Å². The van der Waals surface area contributed by atoms with Crippen molar-refractivity contribution >= 4 is 34.2 Å². The second-order valence-electron chi connectivity index (χ2n) is 7.41. The normalized spacial score (nSPS) is 11.7. The third-order valence-corrected chi connectivity index (χ3v) is 5.36. The summed E-state index contributed by atoms with van der Waals surface area (Å²) in [6.45, 7) is 3.59. The van der Waals surface area contributed by atoms with Gasteiger partial charge in [-0.25, -0.2) is 9.67 Å². The number of carbonyl (C=O) groups excluding carboxylic acids is 1. The Morgan fingerprint density at radius 1 is 1.09 bits per heavy atom. The first-order valence-electron chi connectivity index (χ1n) is 9.69. The van der Waals surface area contributed by atoms with E-state index in [-0.39, 0.29) is 17.3 Å². The molecule has 2 aromatic heterocycles. The molecule has 2 aromatic carbocycles. The van der Waals surface area contributed by atoms with Gasteiger partial charge in [0.2, 0.25) is 5.91 Å². The number of rotatable bonds is 4. The maximum absolute atomic E-state index is 13.0. The number of benzene rings is 2. The van der Waals surface area contributed by atoms with Gasteiger partial charge in [-0.15, -0.1) is 0 Å². The molecule has 0 atom stereocenters. The van der Waals surface area contributed by atoms with E-state index in [2.05, 4.69) is 15.4 Å². The number of halogens is 4. The topological polar surface area (TPSA) is 59.8 Å². The average Bonchev–Trinajstić information content (AvgIpc) is 3.05. The summed E-state index contributed by atoms with van der Waals surface area (Å²) in [6, 6.07) is 12.7. The summed E-state index contributed by atoms with van der Waals surface area (Å²) in [5.74, 6) is -0.571. The number of aromatic nitrogens is 3. The molecular weight excluding hydrogens is 441 g/mol. The van der Waals surface area contributed by atoms with E-state index in [4.69, 9.17) is 11.6 Å². The van der Waals surface area contributed by atoms with Gasteiger partial charge in [0.05, 0.1) is 22.0 Å². The zero-order valence-corrected chi connectivity index (χ0v) is 17.9. The molecule has 1 amide bonds. The zero-order valence-electron chi connectivity index (χ0n) is 17.2. The third kappa shape index (κ3) is 4.31. The number of pyridine rings is 1. The van der Waals surface area contributed by atoms with E-state index in [0.717, 1.165) is 40.3 Å². The van der Waals surface area contributed by atoms with Gasteiger partial charge in [0.1, 0.15) is 6.54 Å². The van der Waals surface area contributed by atoms with Crippen LogP contribution in [0.3, 0.4) is 0 Å². The molecule has 4 aromatic rings. The van der Waals surface area contributed by atoms with Crippen molar-refractivity contribution in [3.63, 3.8) is 0 Å². The molecule has 0 bridgehead atoms. The molecule has 0 saturated heterocycles. The second-order valence-corrected chi connectivity index (χ2v) is 7.81. The first-order chi connectivity index (χ1) is 15.1. The van der Waals surface area contributed by atoms with E-state index >= 15 is 0 Å². The molecule has 0 spiro atoms. The second kappa shape index (κ2) is 8.27. The molecule has 4 rings (SSSR count). The van der Waals surface area contributed by atoms with Crippen LogP contribution in [0.4, 0.5) is 18.9 Å². The summed E-state index contributed by atoms with van der Waals surface area (Å²) in [5.41, 5.74) is 3.23. The van der Waals surface area contributed by atoms with Crippen molar-refractivity contribution in [3.05, 3.63) is 76.6 Å². The molecule has 0 radical (unpaired) electrons. The van der Waals surface area contributed by atoms with Crippen LogP contribution in [0, 0.1) is 13.8 Å². The van der Waals surface area contributed by atoms with Crippen molar-refractivity contribution in [2.24, 2.45) is 0 Å². The minimum Gasteiger partial charge on any atom is -0.323 e. The van der Waals surface area contributed by atoms with Crippen molar-refractivity contribution in [2.45, 2.75) is 26.6 Å². The molecular formula is C23H18ClF3N4O. The lowest BCUT2D eigenvalue weighted by atomic mass is 10.0. The van der Waals surface area contributed by atoms with Gasteiger partial charge in [0.15, 0.2) is 5.65 Å². The molecule has 0 aliphatic carbocycles. The number of nitrogens with one attached hydrogen (secondary N) is 1. The van der Waals surface area contributed by atoms with Gasteiger partial charge in [-0.2, -0.15) is 18.3 Å². The Bertz CT molecular complexity index is 1310. The summed E-state index contributed by atoms with van der Waals surface area (Å²) in [6.07, 6.45) is -2.91. The van der Waals surface area contributed by atoms with Gasteiger partial charge in [-0.1, -0.05) is 41.4 Å². The van der Waals surface area contributed by atoms with E-state index in [1.807, 2.05) is 44.2 Å². The SMILES string of the molecule is Cc1ccc(-c2ccnc3c2c(C)nn3CC(=O)Nc2cc(C(F)(F)F)ccc2Cl)cc1. The van der Waals surface area contributed by atoms with Gasteiger partial charge in [-0.05, 0) is 49.2 Å². The molecule has 164 valence electrons. The summed E-state index contributed by atoms with van der Waals surface area (Å²) in [4.78, 5) is 17.0. The first-order valence-corrected chi connectivity index (χ1v) is 10.1. The molecule has 0 aliphatic heterocycles. The number of anilines is 1. The molecule has 9 heteroatoms. The number of aryl methyl sites for hydroxylation is 2. The number of carbonyl (C=O) groups is 1. The largest absolute Gasteiger partial charge is 0.416 e. The Balaban J connectivity index is 1.64. The average molecular weight is 459 g/mol. The van der Waals surface area contributed by atoms with Crippen molar-refractivity contribution in [3.8, 4) is 11.1 Å². The fourth-order valence-electron chi connectivity index (χ4n) is 3.49. The monoisotopic (exact) mass is 458 g/mol. The Morgan fingerprint density at radius 2 is 1.81 bits per heavy atom. The third-order valence-electron chi connectivity index (χ3n) is 5.03. The molecule has 1 N–H and O–H groups in total. The van der Waals surface area contributed by atoms with Crippen molar-refractivity contribution in [1.82, 2.24) is 14.8 Å². The lowest BCUT2D eigenvalue weighted by Crippen LogP contribution is -2.20. The Labute approximate surface area is 186 Å². The Hall–Kier alpha value is -3.39. The predicted octanol–water partition coefficient (Wildman–Crippen LogP) is 6.03. The van der Waals surface area contributed by atoms with E-state index < -0.39 is 17.6 Å². The summed E-state index contributed by atoms with van der Waals surface area (Å²) >= 11 is 5.98. The maximum Gasteiger partial charge on any atom is 0.416 e. The van der Waals surface area contributed by atoms with Crippen LogP contribution in [0.2, 0.25) is 5.02 Å². The Kier molecular flexibility index (Phi) is 5.64. The van der Waals surface area contributed by atoms with Gasteiger partial charge < -0.3 is 5.32 Å². The highest BCUT2D eigenvalue weighted by Gasteiger charge is 2.31. The standard InChI is InChI=1S/C23H18ClF3N4O/c1-13-3-5-15(6-4-13)17-9-10-28-22-21(17)14(2)30-31(22)12-20(32)29-19-11-16(23(25,26)27)7-8-18(19)24/h3-11H,12H2,1-2H3,(H,29,32). The van der Waals surface area contributed by atoms with Crippen molar-refractivity contribution in [1.29, 1.82) is 0 Å². The minimum absolute atomic E-state index is 0.00707. The highest BCUT2D eigenvalue weighted by atomic mass is 35.5. The minimum atomic E-state index is -4.55. The smallest absolute Gasteiger partial charge is 0.323 e. The van der Waals surface area contributed by atoms with E-state index in [9.17, 15) is 18.0 Å². The Morgan fingerprint density at radius 3 is 2.50 bits per heavy atom. The van der Waals surface area contributed by atoms with Gasteiger partial charge >= 0.3 is 6.18 Å². The maximum atomic E-state index is 13.0. The first kappa shape index (κ1) is 21.8. The van der Waals surface area contributed by atoms with Crippen molar-refractivity contribution < 1.29 is 18.0 Å². The van der Waals surface area contributed by atoms with Gasteiger partial charge in [0.25, 0.3) is 0 Å². The van der Waals surface area contributed by atoms with Crippen LogP contribution in [0.25, 0.3) is 22.2 Å². The number of hydrogen-bond acceptors (Lipinski definition) is 3. The van der Waals surface area contributed by atoms with E-state index in [1.54, 1.807) is 6.20 Å². The molecule has 0 saturated carbocycles. The van der Waals surface area contributed by atoms with E-state index in [0.29, 0.717) is 11.3 Å². The lowest BCUT2D eigenvalue weighted by Gasteiger charge is -2.12. The van der Waals surface area contributed by atoms with Crippen LogP contribution in [0.5, 0.6) is 0 Å². The molecule has 0 unspecified atom stereocenters. The van der Waals surface area contributed by atoms with Crippen LogP contribution < -0.4 is 5.32 Å². The lowest BCUT2D eigenvalue weighted by molar-refractivity contribution is -0.137. The van der Waals surface area contributed by atoms with Crippen LogP contribution in [-0.2, 0) is 17.5 Å². The van der Waals surface area contributed by atoms with E-state index in [1.165, 1.54) is 4.68 Å². The molecule has 32 heavy (non-hydrogen) atoms. The number of alkyl halides is 3. The highest BCUT2D eigenvalue weighted by molar-refractivity contribution is 6.33. The molecule has 5 nitrogen and oxygen atoms in total. The summed E-state index contributed by atoms with van der Waals surface area (Å²) in [7, 11) is 0. The number of fused-ring (bicyclic) bond motifs is 1. The summed E-state index contributed by atoms with van der Waals surface area (Å²) in [5, 5.41) is 7.69. The van der Waals surface area contributed by atoms with Gasteiger partial charge in [0, 0.05) is 11.6 Å². The fraction of sp³-hybridized carbons (Fsp3) is 0.174. The number of hydrogen-bond donors (Lipinski definition) is 1. The van der Waals surface area contributed by atoms with Crippen molar-refractivity contribution in [2.75, 3.05) is 5.32 Å². The van der Waals surface area contributed by atoms with Crippen LogP contribution in [0.15, 0.2) is 54.7 Å².